The van der Waals surface area contributed by atoms with Crippen molar-refractivity contribution in [3.8, 4) is 11.1 Å². The first kappa shape index (κ1) is 23.6. The van der Waals surface area contributed by atoms with Gasteiger partial charge in [-0.25, -0.2) is 8.78 Å². The van der Waals surface area contributed by atoms with E-state index in [2.05, 4.69) is 0 Å². The first-order chi connectivity index (χ1) is 16.4. The Hall–Kier alpha value is -3.58. The van der Waals surface area contributed by atoms with Gasteiger partial charge in [-0.15, -0.1) is 0 Å². The van der Waals surface area contributed by atoms with Crippen molar-refractivity contribution in [1.82, 2.24) is 4.90 Å². The van der Waals surface area contributed by atoms with Gasteiger partial charge >= 0.3 is 0 Å². The Kier molecular flexibility index (Phi) is 7.33. The Morgan fingerprint density at radius 3 is 2.41 bits per heavy atom. The van der Waals surface area contributed by atoms with Crippen LogP contribution in [0.1, 0.15) is 40.7 Å². The van der Waals surface area contributed by atoms with Gasteiger partial charge in [0.05, 0.1) is 6.61 Å². The molecule has 7 heteroatoms. The second kappa shape index (κ2) is 10.6. The molecule has 0 aromatic heterocycles. The second-order valence-corrected chi connectivity index (χ2v) is 8.44. The highest BCUT2D eigenvalue weighted by Gasteiger charge is 2.27. The van der Waals surface area contributed by atoms with Gasteiger partial charge in [-0.3, -0.25) is 9.59 Å². The van der Waals surface area contributed by atoms with Crippen LogP contribution in [0.2, 0.25) is 0 Å². The first-order valence-corrected chi connectivity index (χ1v) is 11.2. The molecule has 3 aromatic rings. The second-order valence-electron chi connectivity index (χ2n) is 8.44. The van der Waals surface area contributed by atoms with E-state index in [1.165, 1.54) is 12.1 Å². The molecule has 1 heterocycles. The Balaban J connectivity index is 1.30. The lowest BCUT2D eigenvalue weighted by Gasteiger charge is -2.17. The van der Waals surface area contributed by atoms with Gasteiger partial charge in [0.1, 0.15) is 17.7 Å². The highest BCUT2D eigenvalue weighted by Crippen LogP contribution is 2.29. The predicted molar refractivity (Wildman–Crippen MR) is 125 cm³/mol. The van der Waals surface area contributed by atoms with Crippen LogP contribution in [0, 0.1) is 11.6 Å². The molecule has 0 aliphatic carbocycles. The summed E-state index contributed by atoms with van der Waals surface area (Å²) >= 11 is 0. The fraction of sp³-hybridized carbons (Fsp3) is 0.259. The molecule has 5 nitrogen and oxygen atoms in total. The molecule has 4 rings (SSSR count). The molecule has 1 aliphatic heterocycles. The average molecular weight is 465 g/mol. The summed E-state index contributed by atoms with van der Waals surface area (Å²) in [6.07, 6.45) is 1.17. The fourth-order valence-electron chi connectivity index (χ4n) is 4.17. The average Bonchev–Trinajstić information content (AvgIpc) is 3.13. The lowest BCUT2D eigenvalue weighted by atomic mass is 10.0. The molecule has 1 unspecified atom stereocenters. The summed E-state index contributed by atoms with van der Waals surface area (Å²) in [4.78, 5) is 26.2. The quantitative estimate of drug-likeness (QED) is 0.437. The molecule has 0 radical (unpaired) electrons. The van der Waals surface area contributed by atoms with Gasteiger partial charge in [-0.05, 0) is 65.8 Å². The molecule has 1 atom stereocenters. The number of benzene rings is 3. The number of nitrogens with two attached hydrogens (primary N) is 1. The zero-order valence-electron chi connectivity index (χ0n) is 18.7. The van der Waals surface area contributed by atoms with Gasteiger partial charge < -0.3 is 15.4 Å². The van der Waals surface area contributed by atoms with Crippen LogP contribution in [-0.4, -0.2) is 29.4 Å². The third-order valence-electron chi connectivity index (χ3n) is 5.94. The summed E-state index contributed by atoms with van der Waals surface area (Å²) in [5.41, 5.74) is 8.97. The van der Waals surface area contributed by atoms with E-state index in [1.807, 2.05) is 36.4 Å². The number of fused-ring (bicyclic) bond motifs is 1. The van der Waals surface area contributed by atoms with Crippen molar-refractivity contribution in [2.24, 2.45) is 5.73 Å². The zero-order valence-corrected chi connectivity index (χ0v) is 18.7. The van der Waals surface area contributed by atoms with Crippen molar-refractivity contribution < 1.29 is 23.1 Å². The van der Waals surface area contributed by atoms with Crippen molar-refractivity contribution >= 4 is 11.8 Å². The lowest BCUT2D eigenvalue weighted by Crippen LogP contribution is -2.31. The molecule has 176 valence electrons. The maximum Gasteiger partial charge on any atom is 0.254 e. The summed E-state index contributed by atoms with van der Waals surface area (Å²) in [6, 6.07) is 18.2. The molecule has 2 N–H and O–H groups in total. The normalized spacial score (nSPS) is 13.7. The number of primary amides is 1. The van der Waals surface area contributed by atoms with Crippen LogP contribution in [0.25, 0.3) is 11.1 Å². The van der Waals surface area contributed by atoms with Crippen molar-refractivity contribution in [3.63, 3.8) is 0 Å². The van der Waals surface area contributed by atoms with Crippen molar-refractivity contribution in [2.45, 2.75) is 38.5 Å². The number of hydrogen-bond donors (Lipinski definition) is 1. The molecule has 2 amide bonds. The molecule has 1 aliphatic rings. The number of carbonyl (C=O) groups is 2. The molecule has 34 heavy (non-hydrogen) atoms. The van der Waals surface area contributed by atoms with E-state index in [-0.39, 0.29) is 5.91 Å². The minimum Gasteiger partial charge on any atom is -0.367 e. The van der Waals surface area contributed by atoms with Crippen LogP contribution in [0.5, 0.6) is 0 Å². The van der Waals surface area contributed by atoms with Gasteiger partial charge in [0.2, 0.25) is 5.91 Å². The smallest absolute Gasteiger partial charge is 0.254 e. The number of unbranched alkanes of at least 4 members (excludes halogenated alkanes) is 1. The number of rotatable bonds is 10. The number of carbonyl (C=O) groups excluding carboxylic acids is 2. The largest absolute Gasteiger partial charge is 0.367 e. The molecule has 3 aromatic carbocycles. The van der Waals surface area contributed by atoms with Gasteiger partial charge in [-0.1, -0.05) is 36.4 Å². The lowest BCUT2D eigenvalue weighted by molar-refractivity contribution is -0.130. The minimum absolute atomic E-state index is 0.0706. The third-order valence-corrected chi connectivity index (χ3v) is 5.94. The Bertz CT molecular complexity index is 1160. The SMILES string of the molecule is NC(=O)C(CCCCN1Cc2cc(-c3cc(F)cc(F)c3)ccc2C1=O)OCc1ccccc1. The van der Waals surface area contributed by atoms with Crippen LogP contribution in [0.3, 0.4) is 0 Å². The summed E-state index contributed by atoms with van der Waals surface area (Å²) in [5.74, 6) is -1.86. The van der Waals surface area contributed by atoms with Gasteiger partial charge in [0.25, 0.3) is 5.91 Å². The third kappa shape index (κ3) is 5.66. The van der Waals surface area contributed by atoms with Crippen LogP contribution >= 0.6 is 0 Å². The van der Waals surface area contributed by atoms with Gasteiger partial charge in [0, 0.05) is 24.7 Å². The van der Waals surface area contributed by atoms with Crippen molar-refractivity contribution in [2.75, 3.05) is 6.54 Å². The Labute approximate surface area is 197 Å². The van der Waals surface area contributed by atoms with Crippen molar-refractivity contribution in [1.29, 1.82) is 0 Å². The molecular weight excluding hydrogens is 438 g/mol. The summed E-state index contributed by atoms with van der Waals surface area (Å²) in [5, 5.41) is 0. The van der Waals surface area contributed by atoms with E-state index >= 15 is 0 Å². The highest BCUT2D eigenvalue weighted by molar-refractivity contribution is 5.99. The maximum absolute atomic E-state index is 13.6. The highest BCUT2D eigenvalue weighted by atomic mass is 19.1. The Morgan fingerprint density at radius 2 is 1.71 bits per heavy atom. The molecule has 0 saturated heterocycles. The zero-order chi connectivity index (χ0) is 24.1. The summed E-state index contributed by atoms with van der Waals surface area (Å²) in [6.45, 7) is 1.27. The van der Waals surface area contributed by atoms with E-state index in [0.717, 1.165) is 17.2 Å². The topological polar surface area (TPSA) is 72.6 Å². The molecule has 0 spiro atoms. The van der Waals surface area contributed by atoms with Gasteiger partial charge in [0.15, 0.2) is 0 Å². The minimum atomic E-state index is -0.680. The first-order valence-electron chi connectivity index (χ1n) is 11.2. The van der Waals surface area contributed by atoms with Gasteiger partial charge in [-0.2, -0.15) is 0 Å². The number of hydrogen-bond acceptors (Lipinski definition) is 3. The molecule has 0 bridgehead atoms. The summed E-state index contributed by atoms with van der Waals surface area (Å²) in [7, 11) is 0. The van der Waals surface area contributed by atoms with Crippen LogP contribution in [0.15, 0.2) is 66.7 Å². The van der Waals surface area contributed by atoms with E-state index in [1.54, 1.807) is 17.0 Å². The number of nitrogens with zero attached hydrogens (tertiary/aromatic N) is 1. The predicted octanol–water partition coefficient (Wildman–Crippen LogP) is 4.83. The molecular formula is C27H26F2N2O3. The van der Waals surface area contributed by atoms with E-state index in [4.69, 9.17) is 10.5 Å². The standard InChI is InChI=1S/C27H26F2N2O3/c28-22-13-20(14-23(29)15-22)19-9-10-24-21(12-19)16-31(27(24)33)11-5-4-8-25(26(30)32)34-17-18-6-2-1-3-7-18/h1-3,6-7,9-10,12-15,25H,4-5,8,11,16-17H2,(H2,30,32). The van der Waals surface area contributed by atoms with Crippen LogP contribution in [0.4, 0.5) is 8.78 Å². The van der Waals surface area contributed by atoms with E-state index in [9.17, 15) is 18.4 Å². The monoisotopic (exact) mass is 464 g/mol. The van der Waals surface area contributed by atoms with E-state index < -0.39 is 23.6 Å². The number of amides is 2. The summed E-state index contributed by atoms with van der Waals surface area (Å²) < 4.78 is 32.9. The van der Waals surface area contributed by atoms with Crippen LogP contribution < -0.4 is 5.73 Å². The number of ether oxygens (including phenoxy) is 1. The van der Waals surface area contributed by atoms with Crippen LogP contribution in [-0.2, 0) is 22.7 Å². The molecule has 0 fully saturated rings. The molecule has 0 saturated carbocycles. The maximum atomic E-state index is 13.6. The number of halogens is 2. The van der Waals surface area contributed by atoms with E-state index in [0.29, 0.717) is 55.6 Å². The Morgan fingerprint density at radius 1 is 0.971 bits per heavy atom. The van der Waals surface area contributed by atoms with Crippen molar-refractivity contribution in [3.05, 3.63) is 95.1 Å². The fourth-order valence-corrected chi connectivity index (χ4v) is 4.17.